The highest BCUT2D eigenvalue weighted by Gasteiger charge is 2.17. The van der Waals surface area contributed by atoms with Gasteiger partial charge in [-0.3, -0.25) is 0 Å². The molecule has 1 heterocycles. The molecule has 0 unspecified atom stereocenters. The van der Waals surface area contributed by atoms with Gasteiger partial charge in [0.1, 0.15) is 11.6 Å². The van der Waals surface area contributed by atoms with Crippen LogP contribution in [0.5, 0.6) is 0 Å². The maximum atomic E-state index is 13.6. The minimum Gasteiger partial charge on any atom is -0.464 e. The number of alkyl halides is 2. The normalized spacial score (nSPS) is 11.1. The van der Waals surface area contributed by atoms with Crippen molar-refractivity contribution in [2.75, 3.05) is 0 Å². The zero-order valence-electron chi connectivity index (χ0n) is 7.88. The molecule has 1 nitrogen and oxygen atoms in total. The van der Waals surface area contributed by atoms with Crippen LogP contribution in [-0.4, -0.2) is 0 Å². The predicted molar refractivity (Wildman–Crippen MR) is 56.8 cm³/mol. The lowest BCUT2D eigenvalue weighted by Gasteiger charge is -2.06. The van der Waals surface area contributed by atoms with Gasteiger partial charge < -0.3 is 4.42 Å². The summed E-state index contributed by atoms with van der Waals surface area (Å²) in [6.45, 7) is 0. The van der Waals surface area contributed by atoms with Gasteiger partial charge in [0, 0.05) is 10.0 Å². The van der Waals surface area contributed by atoms with E-state index in [-0.39, 0.29) is 15.6 Å². The Kier molecular flexibility index (Phi) is 3.05. The van der Waals surface area contributed by atoms with Crippen molar-refractivity contribution in [3.8, 4) is 11.3 Å². The van der Waals surface area contributed by atoms with Crippen molar-refractivity contribution in [1.29, 1.82) is 0 Å². The summed E-state index contributed by atoms with van der Waals surface area (Å²) in [5.41, 5.74) is -0.214. The zero-order valence-corrected chi connectivity index (χ0v) is 9.47. The predicted octanol–water partition coefficient (Wildman–Crippen LogP) is 4.79. The van der Waals surface area contributed by atoms with Crippen LogP contribution in [0, 0.1) is 5.82 Å². The van der Waals surface area contributed by atoms with Crippen LogP contribution in [0.25, 0.3) is 11.3 Å². The minimum absolute atomic E-state index is 0.148. The van der Waals surface area contributed by atoms with Crippen LogP contribution < -0.4 is 0 Å². The van der Waals surface area contributed by atoms with Gasteiger partial charge in [-0.1, -0.05) is 0 Å². The van der Waals surface area contributed by atoms with E-state index >= 15 is 0 Å². The summed E-state index contributed by atoms with van der Waals surface area (Å²) in [6.07, 6.45) is -1.31. The van der Waals surface area contributed by atoms with Gasteiger partial charge in [-0.2, -0.15) is 0 Å². The second-order valence-electron chi connectivity index (χ2n) is 3.14. The van der Waals surface area contributed by atoms with Gasteiger partial charge in [0.15, 0.2) is 0 Å². The average molecular weight is 291 g/mol. The van der Waals surface area contributed by atoms with Crippen molar-refractivity contribution in [2.45, 2.75) is 6.43 Å². The van der Waals surface area contributed by atoms with E-state index in [4.69, 9.17) is 4.42 Å². The lowest BCUT2D eigenvalue weighted by Crippen LogP contribution is -1.91. The second-order valence-corrected chi connectivity index (χ2v) is 3.99. The van der Waals surface area contributed by atoms with Crippen LogP contribution in [0.1, 0.15) is 12.0 Å². The van der Waals surface area contributed by atoms with Crippen LogP contribution in [0.3, 0.4) is 0 Å². The third-order valence-corrected chi connectivity index (χ3v) is 2.71. The van der Waals surface area contributed by atoms with E-state index in [0.717, 1.165) is 6.07 Å². The minimum atomic E-state index is -2.70. The molecule has 16 heavy (non-hydrogen) atoms. The summed E-state index contributed by atoms with van der Waals surface area (Å²) in [4.78, 5) is 0. The van der Waals surface area contributed by atoms with Crippen molar-refractivity contribution < 1.29 is 17.6 Å². The maximum Gasteiger partial charge on any atom is 0.263 e. The molecule has 1 aromatic carbocycles. The second kappa shape index (κ2) is 4.33. The number of hydrogen-bond donors (Lipinski definition) is 0. The molecule has 1 aromatic heterocycles. The van der Waals surface area contributed by atoms with Gasteiger partial charge >= 0.3 is 0 Å². The quantitative estimate of drug-likeness (QED) is 0.775. The van der Waals surface area contributed by atoms with Gasteiger partial charge in [0.25, 0.3) is 6.43 Å². The molecular formula is C11H6BrF3O. The van der Waals surface area contributed by atoms with E-state index in [1.54, 1.807) is 12.1 Å². The Morgan fingerprint density at radius 2 is 2.00 bits per heavy atom. The molecule has 2 rings (SSSR count). The number of halogens is 4. The molecule has 0 fully saturated rings. The van der Waals surface area contributed by atoms with E-state index in [0.29, 0.717) is 5.76 Å². The Labute approximate surface area is 98.0 Å². The molecule has 84 valence electrons. The average Bonchev–Trinajstić information content (AvgIpc) is 2.69. The van der Waals surface area contributed by atoms with Crippen molar-refractivity contribution in [3.63, 3.8) is 0 Å². The van der Waals surface area contributed by atoms with Gasteiger partial charge in [-0.25, -0.2) is 13.2 Å². The highest BCUT2D eigenvalue weighted by atomic mass is 79.9. The summed E-state index contributed by atoms with van der Waals surface area (Å²) >= 11 is 3.05. The lowest BCUT2D eigenvalue weighted by atomic mass is 10.1. The van der Waals surface area contributed by atoms with E-state index < -0.39 is 12.2 Å². The molecular weight excluding hydrogens is 285 g/mol. The standard InChI is InChI=1S/C11H6BrF3O/c12-7-4-6(11(14)15)5-8(13)10(7)9-2-1-3-16-9/h1-5,11H. The lowest BCUT2D eigenvalue weighted by molar-refractivity contribution is 0.151. The molecule has 0 spiro atoms. The van der Waals surface area contributed by atoms with Gasteiger partial charge in [-0.15, -0.1) is 0 Å². The fraction of sp³-hybridized carbons (Fsp3) is 0.0909. The smallest absolute Gasteiger partial charge is 0.263 e. The van der Waals surface area contributed by atoms with Crippen LogP contribution in [0.2, 0.25) is 0 Å². The fourth-order valence-electron chi connectivity index (χ4n) is 1.37. The first-order valence-electron chi connectivity index (χ1n) is 4.40. The fourth-order valence-corrected chi connectivity index (χ4v) is 2.02. The molecule has 5 heteroatoms. The number of furan rings is 1. The van der Waals surface area contributed by atoms with E-state index in [1.165, 1.54) is 12.3 Å². The molecule has 0 aliphatic heterocycles. The van der Waals surface area contributed by atoms with Crippen molar-refractivity contribution >= 4 is 15.9 Å². The molecule has 0 aliphatic carbocycles. The van der Waals surface area contributed by atoms with Gasteiger partial charge in [0.2, 0.25) is 0 Å². The van der Waals surface area contributed by atoms with E-state index in [1.807, 2.05) is 0 Å². The number of benzene rings is 1. The first-order valence-corrected chi connectivity index (χ1v) is 5.20. The first-order chi connectivity index (χ1) is 7.59. The molecule has 0 saturated heterocycles. The molecule has 2 aromatic rings. The molecule has 0 aliphatic rings. The summed E-state index contributed by atoms with van der Waals surface area (Å²) in [7, 11) is 0. The van der Waals surface area contributed by atoms with Crippen LogP contribution in [0.15, 0.2) is 39.4 Å². The highest BCUT2D eigenvalue weighted by molar-refractivity contribution is 9.10. The molecule has 0 saturated carbocycles. The Morgan fingerprint density at radius 1 is 1.25 bits per heavy atom. The SMILES string of the molecule is Fc1cc(C(F)F)cc(Br)c1-c1ccco1. The Bertz CT molecular complexity index is 471. The molecule has 0 radical (unpaired) electrons. The number of rotatable bonds is 2. The topological polar surface area (TPSA) is 13.1 Å². The first kappa shape index (κ1) is 11.3. The monoisotopic (exact) mass is 290 g/mol. The maximum absolute atomic E-state index is 13.6. The highest BCUT2D eigenvalue weighted by Crippen LogP contribution is 2.34. The van der Waals surface area contributed by atoms with Crippen molar-refractivity contribution in [3.05, 3.63) is 46.4 Å². The summed E-state index contributed by atoms with van der Waals surface area (Å²) in [5.74, 6) is -0.440. The summed E-state index contributed by atoms with van der Waals surface area (Å²) in [6, 6.07) is 5.16. The Balaban J connectivity index is 2.56. The van der Waals surface area contributed by atoms with Crippen LogP contribution in [-0.2, 0) is 0 Å². The van der Waals surface area contributed by atoms with Crippen molar-refractivity contribution in [1.82, 2.24) is 0 Å². The largest absolute Gasteiger partial charge is 0.464 e. The Hall–Kier alpha value is -1.23. The molecule has 0 atom stereocenters. The third-order valence-electron chi connectivity index (χ3n) is 2.08. The molecule has 0 bridgehead atoms. The van der Waals surface area contributed by atoms with E-state index in [9.17, 15) is 13.2 Å². The van der Waals surface area contributed by atoms with Crippen molar-refractivity contribution in [2.24, 2.45) is 0 Å². The Morgan fingerprint density at radius 3 is 2.50 bits per heavy atom. The number of hydrogen-bond acceptors (Lipinski definition) is 1. The van der Waals surface area contributed by atoms with Crippen LogP contribution >= 0.6 is 15.9 Å². The van der Waals surface area contributed by atoms with Gasteiger partial charge in [0.05, 0.1) is 11.8 Å². The summed E-state index contributed by atoms with van der Waals surface area (Å²) in [5, 5.41) is 0. The van der Waals surface area contributed by atoms with E-state index in [2.05, 4.69) is 15.9 Å². The van der Waals surface area contributed by atoms with Crippen LogP contribution in [0.4, 0.5) is 13.2 Å². The third kappa shape index (κ3) is 2.00. The summed E-state index contributed by atoms with van der Waals surface area (Å²) < 4.78 is 43.7. The van der Waals surface area contributed by atoms with Gasteiger partial charge in [-0.05, 0) is 40.2 Å². The zero-order chi connectivity index (χ0) is 11.7. The molecule has 0 N–H and O–H groups in total. The molecule has 0 amide bonds.